The van der Waals surface area contributed by atoms with Gasteiger partial charge in [-0.15, -0.1) is 0 Å². The number of rotatable bonds is 3. The highest BCUT2D eigenvalue weighted by Crippen LogP contribution is 2.13. The van der Waals surface area contributed by atoms with E-state index in [1.54, 1.807) is 7.11 Å². The summed E-state index contributed by atoms with van der Waals surface area (Å²) in [6, 6.07) is 0. The molecule has 0 amide bonds. The van der Waals surface area contributed by atoms with Crippen molar-refractivity contribution in [2.45, 2.75) is 19.3 Å². The second-order valence-corrected chi connectivity index (χ2v) is 2.92. The lowest BCUT2D eigenvalue weighted by atomic mass is 10.2. The van der Waals surface area contributed by atoms with Crippen molar-refractivity contribution >= 4 is 12.3 Å². The molecule has 0 atom stereocenters. The Labute approximate surface area is 66.0 Å². The standard InChI is InChI=1S/C6H13NO2S/c1-8-10-9-7-5-3-2-4-6-7/h2-6H2,1H3. The molecule has 0 aromatic rings. The molecule has 1 saturated heterocycles. The lowest BCUT2D eigenvalue weighted by molar-refractivity contribution is -0.0594. The van der Waals surface area contributed by atoms with Crippen LogP contribution in [0.4, 0.5) is 0 Å². The van der Waals surface area contributed by atoms with Crippen LogP contribution in [-0.2, 0) is 8.47 Å². The van der Waals surface area contributed by atoms with E-state index in [1.165, 1.54) is 19.3 Å². The van der Waals surface area contributed by atoms with Gasteiger partial charge in [0.1, 0.15) is 0 Å². The third-order valence-electron chi connectivity index (χ3n) is 1.52. The molecule has 0 aliphatic carbocycles. The van der Waals surface area contributed by atoms with E-state index in [9.17, 15) is 0 Å². The van der Waals surface area contributed by atoms with Crippen LogP contribution in [0.3, 0.4) is 0 Å². The van der Waals surface area contributed by atoms with Crippen LogP contribution < -0.4 is 0 Å². The smallest absolute Gasteiger partial charge is 0.178 e. The van der Waals surface area contributed by atoms with Gasteiger partial charge < -0.3 is 0 Å². The molecular weight excluding hydrogens is 150 g/mol. The Morgan fingerprint density at radius 3 is 2.50 bits per heavy atom. The quantitative estimate of drug-likeness (QED) is 0.589. The molecule has 0 radical (unpaired) electrons. The van der Waals surface area contributed by atoms with Gasteiger partial charge in [-0.1, -0.05) is 6.42 Å². The van der Waals surface area contributed by atoms with Crippen LogP contribution in [0.2, 0.25) is 0 Å². The molecule has 1 aliphatic rings. The van der Waals surface area contributed by atoms with E-state index in [2.05, 4.69) is 0 Å². The van der Waals surface area contributed by atoms with E-state index >= 15 is 0 Å². The summed E-state index contributed by atoms with van der Waals surface area (Å²) in [6.45, 7) is 2.08. The third kappa shape index (κ3) is 2.88. The van der Waals surface area contributed by atoms with E-state index in [1.807, 2.05) is 5.06 Å². The molecule has 0 unspecified atom stereocenters. The average Bonchev–Trinajstić information content (AvgIpc) is 2.03. The van der Waals surface area contributed by atoms with E-state index in [-0.39, 0.29) is 0 Å². The second-order valence-electron chi connectivity index (χ2n) is 2.30. The van der Waals surface area contributed by atoms with Crippen molar-refractivity contribution < 1.29 is 8.47 Å². The highest BCUT2D eigenvalue weighted by atomic mass is 32.2. The molecule has 3 nitrogen and oxygen atoms in total. The summed E-state index contributed by atoms with van der Waals surface area (Å²) in [6.07, 6.45) is 3.81. The monoisotopic (exact) mass is 163 g/mol. The number of hydroxylamine groups is 2. The van der Waals surface area contributed by atoms with Crippen LogP contribution in [0.5, 0.6) is 0 Å². The van der Waals surface area contributed by atoms with Crippen molar-refractivity contribution in [2.24, 2.45) is 0 Å². The van der Waals surface area contributed by atoms with Gasteiger partial charge in [-0.2, -0.15) is 9.35 Å². The first kappa shape index (κ1) is 8.33. The number of hydrogen-bond donors (Lipinski definition) is 0. The fourth-order valence-corrected chi connectivity index (χ4v) is 1.31. The van der Waals surface area contributed by atoms with Crippen LogP contribution in [0.25, 0.3) is 0 Å². The molecule has 0 bridgehead atoms. The molecule has 4 heteroatoms. The SMILES string of the molecule is COSON1CCCCC1. The minimum absolute atomic E-state index is 1.04. The van der Waals surface area contributed by atoms with Gasteiger partial charge in [-0.3, -0.25) is 4.18 Å². The Morgan fingerprint density at radius 1 is 1.20 bits per heavy atom. The summed E-state index contributed by atoms with van der Waals surface area (Å²) in [5.41, 5.74) is 0. The van der Waals surface area contributed by atoms with Crippen molar-refractivity contribution in [1.29, 1.82) is 0 Å². The predicted octanol–water partition coefficient (Wildman–Crippen LogP) is 1.61. The highest BCUT2D eigenvalue weighted by molar-refractivity contribution is 7.89. The number of nitrogens with zero attached hydrogens (tertiary/aromatic N) is 1. The van der Waals surface area contributed by atoms with Gasteiger partial charge in [0.2, 0.25) is 0 Å². The predicted molar refractivity (Wildman–Crippen MR) is 41.1 cm³/mol. The molecule has 0 aromatic heterocycles. The zero-order valence-corrected chi connectivity index (χ0v) is 7.02. The van der Waals surface area contributed by atoms with Gasteiger partial charge in [0, 0.05) is 13.1 Å². The Kier molecular flexibility index (Phi) is 4.13. The summed E-state index contributed by atoms with van der Waals surface area (Å²) < 4.78 is 9.86. The van der Waals surface area contributed by atoms with Gasteiger partial charge >= 0.3 is 0 Å². The Bertz CT molecular complexity index is 85.8. The minimum Gasteiger partial charge on any atom is -0.294 e. The van der Waals surface area contributed by atoms with Gasteiger partial charge in [-0.05, 0) is 12.8 Å². The third-order valence-corrected chi connectivity index (χ3v) is 1.93. The van der Waals surface area contributed by atoms with Crippen molar-refractivity contribution in [3.8, 4) is 0 Å². The summed E-state index contributed by atoms with van der Waals surface area (Å²) in [5, 5.41) is 1.94. The normalized spacial score (nSPS) is 21.3. The Balaban J connectivity index is 2.02. The molecule has 1 rings (SSSR count). The van der Waals surface area contributed by atoms with Crippen LogP contribution in [-0.4, -0.2) is 25.3 Å². The number of piperidine rings is 1. The molecule has 0 saturated carbocycles. The lowest BCUT2D eigenvalue weighted by Crippen LogP contribution is -2.27. The number of hydrogen-bond acceptors (Lipinski definition) is 4. The molecule has 1 aliphatic heterocycles. The maximum absolute atomic E-state index is 5.16. The molecule has 0 spiro atoms. The van der Waals surface area contributed by atoms with Crippen molar-refractivity contribution in [1.82, 2.24) is 5.06 Å². The minimum atomic E-state index is 1.04. The van der Waals surface area contributed by atoms with Gasteiger partial charge in [-0.25, -0.2) is 0 Å². The van der Waals surface area contributed by atoms with Crippen LogP contribution in [0.15, 0.2) is 0 Å². The first-order chi connectivity index (χ1) is 4.93. The lowest BCUT2D eigenvalue weighted by Gasteiger charge is -2.23. The van der Waals surface area contributed by atoms with Gasteiger partial charge in [0.05, 0.1) is 7.11 Å². The molecule has 60 valence electrons. The molecular formula is C6H13NO2S. The molecule has 1 fully saturated rings. The topological polar surface area (TPSA) is 21.7 Å². The maximum atomic E-state index is 5.16. The highest BCUT2D eigenvalue weighted by Gasteiger charge is 2.10. The maximum Gasteiger partial charge on any atom is 0.178 e. The van der Waals surface area contributed by atoms with Crippen LogP contribution >= 0.6 is 12.3 Å². The summed E-state index contributed by atoms with van der Waals surface area (Å²) in [4.78, 5) is 0. The second kappa shape index (κ2) is 4.96. The first-order valence-electron chi connectivity index (χ1n) is 3.56. The van der Waals surface area contributed by atoms with E-state index in [0.717, 1.165) is 25.4 Å². The fraction of sp³-hybridized carbons (Fsp3) is 1.00. The zero-order valence-electron chi connectivity index (χ0n) is 6.21. The fourth-order valence-electron chi connectivity index (χ4n) is 1.01. The van der Waals surface area contributed by atoms with Crippen LogP contribution in [0.1, 0.15) is 19.3 Å². The summed E-state index contributed by atoms with van der Waals surface area (Å²) in [5.74, 6) is 0. The van der Waals surface area contributed by atoms with Gasteiger partial charge in [0.25, 0.3) is 0 Å². The van der Waals surface area contributed by atoms with E-state index in [4.69, 9.17) is 8.47 Å². The Hall–Kier alpha value is 0.230. The van der Waals surface area contributed by atoms with Crippen molar-refractivity contribution in [2.75, 3.05) is 20.2 Å². The van der Waals surface area contributed by atoms with Crippen molar-refractivity contribution in [3.63, 3.8) is 0 Å². The summed E-state index contributed by atoms with van der Waals surface area (Å²) >= 11 is 1.04. The van der Waals surface area contributed by atoms with Crippen LogP contribution in [0, 0.1) is 0 Å². The molecule has 0 aromatic carbocycles. The Morgan fingerprint density at radius 2 is 1.90 bits per heavy atom. The molecule has 10 heavy (non-hydrogen) atoms. The first-order valence-corrected chi connectivity index (χ1v) is 4.22. The summed E-state index contributed by atoms with van der Waals surface area (Å²) in [7, 11) is 1.61. The van der Waals surface area contributed by atoms with E-state index in [0.29, 0.717) is 0 Å². The molecule has 0 N–H and O–H groups in total. The van der Waals surface area contributed by atoms with E-state index < -0.39 is 0 Å². The molecule has 1 heterocycles. The average molecular weight is 163 g/mol. The zero-order chi connectivity index (χ0) is 7.23. The largest absolute Gasteiger partial charge is 0.294 e. The van der Waals surface area contributed by atoms with Gasteiger partial charge in [0.15, 0.2) is 12.3 Å². The van der Waals surface area contributed by atoms with Crippen molar-refractivity contribution in [3.05, 3.63) is 0 Å².